The highest BCUT2D eigenvalue weighted by Crippen LogP contribution is 2.25. The molecule has 0 aliphatic heterocycles. The number of nitrogens with zero attached hydrogens (tertiary/aromatic N) is 3. The third-order valence-electron chi connectivity index (χ3n) is 2.32. The summed E-state index contributed by atoms with van der Waals surface area (Å²) in [6.07, 6.45) is 3.77. The maximum Gasteiger partial charge on any atom is 0.156 e. The van der Waals surface area contributed by atoms with Crippen LogP contribution in [0.25, 0.3) is 0 Å². The molecule has 0 saturated heterocycles. The van der Waals surface area contributed by atoms with Gasteiger partial charge in [0.15, 0.2) is 6.29 Å². The number of hydrogen-bond donors (Lipinski definition) is 1. The number of rotatable bonds is 4. The van der Waals surface area contributed by atoms with Crippen molar-refractivity contribution in [2.45, 2.75) is 19.9 Å². The molecule has 18 heavy (non-hydrogen) atoms. The summed E-state index contributed by atoms with van der Waals surface area (Å²) in [7, 11) is 0. The van der Waals surface area contributed by atoms with Crippen LogP contribution in [0.1, 0.15) is 33.2 Å². The van der Waals surface area contributed by atoms with Gasteiger partial charge in [-0.1, -0.05) is 11.6 Å². The average Bonchev–Trinajstić information content (AvgIpc) is 2.76. The van der Waals surface area contributed by atoms with Crippen LogP contribution in [0, 0.1) is 6.92 Å². The molecule has 2 aromatic heterocycles. The molecule has 0 amide bonds. The van der Waals surface area contributed by atoms with E-state index in [1.807, 2.05) is 20.0 Å². The summed E-state index contributed by atoms with van der Waals surface area (Å²) in [5, 5.41) is 4.19. The number of carbonyl (C=O) groups excluding carboxylic acids is 1. The maximum atomic E-state index is 11.0. The molecule has 2 heterocycles. The van der Waals surface area contributed by atoms with Crippen LogP contribution < -0.4 is 5.32 Å². The Morgan fingerprint density at radius 2 is 2.22 bits per heavy atom. The summed E-state index contributed by atoms with van der Waals surface area (Å²) < 4.78 is 0. The number of carbonyl (C=O) groups is 1. The molecule has 5 nitrogen and oxygen atoms in total. The van der Waals surface area contributed by atoms with Gasteiger partial charge in [-0.15, -0.1) is 11.3 Å². The van der Waals surface area contributed by atoms with Crippen molar-refractivity contribution in [1.29, 1.82) is 0 Å². The Balaban J connectivity index is 2.24. The molecule has 0 spiro atoms. The summed E-state index contributed by atoms with van der Waals surface area (Å²) in [4.78, 5) is 24.2. The Kier molecular flexibility index (Phi) is 3.88. The van der Waals surface area contributed by atoms with Gasteiger partial charge < -0.3 is 5.32 Å². The van der Waals surface area contributed by atoms with Crippen molar-refractivity contribution in [3.05, 3.63) is 33.1 Å². The van der Waals surface area contributed by atoms with Crippen LogP contribution >= 0.6 is 22.9 Å². The molecule has 0 aromatic carbocycles. The standard InChI is InChI=1S/C11H11ClN4OS/c1-6-3-13-11(18-6)7(2)16-10-8(4-17)9(12)14-5-15-10/h3-5,7H,1-2H3,(H,14,15,16). The van der Waals surface area contributed by atoms with Gasteiger partial charge in [-0.3, -0.25) is 4.79 Å². The second-order valence-electron chi connectivity index (χ2n) is 3.72. The van der Waals surface area contributed by atoms with Gasteiger partial charge >= 0.3 is 0 Å². The number of halogens is 1. The fraction of sp³-hybridized carbons (Fsp3) is 0.273. The lowest BCUT2D eigenvalue weighted by atomic mass is 10.3. The van der Waals surface area contributed by atoms with Gasteiger partial charge in [0.25, 0.3) is 0 Å². The van der Waals surface area contributed by atoms with E-state index < -0.39 is 0 Å². The number of thiazole rings is 1. The molecule has 94 valence electrons. The van der Waals surface area contributed by atoms with E-state index in [2.05, 4.69) is 20.3 Å². The molecule has 1 unspecified atom stereocenters. The van der Waals surface area contributed by atoms with Crippen molar-refractivity contribution in [2.75, 3.05) is 5.32 Å². The molecule has 0 aliphatic rings. The first-order chi connectivity index (χ1) is 8.61. The summed E-state index contributed by atoms with van der Waals surface area (Å²) >= 11 is 7.42. The number of hydrogen-bond acceptors (Lipinski definition) is 6. The predicted molar refractivity (Wildman–Crippen MR) is 71.3 cm³/mol. The van der Waals surface area contributed by atoms with Crippen LogP contribution in [0.2, 0.25) is 5.15 Å². The van der Waals surface area contributed by atoms with Crippen molar-refractivity contribution in [3.8, 4) is 0 Å². The van der Waals surface area contributed by atoms with Gasteiger partial charge in [0.2, 0.25) is 0 Å². The molecule has 0 radical (unpaired) electrons. The number of aryl methyl sites for hydroxylation is 1. The SMILES string of the molecule is Cc1cnc(C(C)Nc2ncnc(Cl)c2C=O)s1. The fourth-order valence-corrected chi connectivity index (χ4v) is 2.39. The number of aromatic nitrogens is 3. The molecule has 0 aliphatic carbocycles. The first-order valence-corrected chi connectivity index (χ1v) is 6.45. The van der Waals surface area contributed by atoms with Crippen molar-refractivity contribution >= 4 is 35.0 Å². The normalized spacial score (nSPS) is 12.2. The molecule has 2 rings (SSSR count). The molecule has 7 heteroatoms. The van der Waals surface area contributed by atoms with E-state index in [1.54, 1.807) is 11.3 Å². The van der Waals surface area contributed by atoms with Gasteiger partial charge in [-0.25, -0.2) is 15.0 Å². The third-order valence-corrected chi connectivity index (χ3v) is 3.71. The summed E-state index contributed by atoms with van der Waals surface area (Å²) in [6, 6.07) is -0.0478. The molecule has 0 fully saturated rings. The van der Waals surface area contributed by atoms with Gasteiger partial charge in [0.1, 0.15) is 22.3 Å². The lowest BCUT2D eigenvalue weighted by Gasteiger charge is -2.13. The minimum absolute atomic E-state index is 0.0478. The van der Waals surface area contributed by atoms with Crippen molar-refractivity contribution in [3.63, 3.8) is 0 Å². The van der Waals surface area contributed by atoms with Crippen LogP contribution in [0.4, 0.5) is 5.82 Å². The molecule has 0 saturated carbocycles. The quantitative estimate of drug-likeness (QED) is 0.690. The van der Waals surface area contributed by atoms with Crippen LogP contribution in [0.5, 0.6) is 0 Å². The predicted octanol–water partition coefficient (Wildman–Crippen LogP) is 2.88. The highest BCUT2D eigenvalue weighted by molar-refractivity contribution is 7.11. The van der Waals surface area contributed by atoms with E-state index in [-0.39, 0.29) is 16.8 Å². The third kappa shape index (κ3) is 2.65. The molecule has 2 aromatic rings. The topological polar surface area (TPSA) is 67.8 Å². The Hall–Kier alpha value is -1.53. The van der Waals surface area contributed by atoms with Crippen LogP contribution in [0.15, 0.2) is 12.5 Å². The molecule has 1 atom stereocenters. The van der Waals surface area contributed by atoms with Gasteiger partial charge in [0.05, 0.1) is 11.6 Å². The molecule has 1 N–H and O–H groups in total. The van der Waals surface area contributed by atoms with Crippen LogP contribution in [0.3, 0.4) is 0 Å². The Labute approximate surface area is 113 Å². The minimum atomic E-state index is -0.0478. The summed E-state index contributed by atoms with van der Waals surface area (Å²) in [5.41, 5.74) is 0.263. The summed E-state index contributed by atoms with van der Waals surface area (Å²) in [6.45, 7) is 3.94. The van der Waals surface area contributed by atoms with Crippen molar-refractivity contribution < 1.29 is 4.79 Å². The monoisotopic (exact) mass is 282 g/mol. The van der Waals surface area contributed by atoms with E-state index >= 15 is 0 Å². The Morgan fingerprint density at radius 3 is 2.83 bits per heavy atom. The van der Waals surface area contributed by atoms with E-state index in [9.17, 15) is 4.79 Å². The zero-order chi connectivity index (χ0) is 13.1. The van der Waals surface area contributed by atoms with Crippen molar-refractivity contribution in [2.24, 2.45) is 0 Å². The second kappa shape index (κ2) is 5.41. The van der Waals surface area contributed by atoms with E-state index in [1.165, 1.54) is 6.33 Å². The first-order valence-electron chi connectivity index (χ1n) is 5.26. The highest BCUT2D eigenvalue weighted by Gasteiger charge is 2.14. The van der Waals surface area contributed by atoms with Gasteiger partial charge in [0, 0.05) is 11.1 Å². The number of nitrogens with one attached hydrogen (secondary N) is 1. The smallest absolute Gasteiger partial charge is 0.156 e. The highest BCUT2D eigenvalue weighted by atomic mass is 35.5. The average molecular weight is 283 g/mol. The van der Waals surface area contributed by atoms with Gasteiger partial charge in [-0.2, -0.15) is 0 Å². The maximum absolute atomic E-state index is 11.0. The van der Waals surface area contributed by atoms with Crippen LogP contribution in [-0.4, -0.2) is 21.2 Å². The fourth-order valence-electron chi connectivity index (χ4n) is 1.43. The lowest BCUT2D eigenvalue weighted by molar-refractivity contribution is 0.112. The molecular formula is C11H11ClN4OS. The number of aldehydes is 1. The minimum Gasteiger partial charge on any atom is -0.360 e. The van der Waals surface area contributed by atoms with E-state index in [4.69, 9.17) is 11.6 Å². The van der Waals surface area contributed by atoms with Gasteiger partial charge in [-0.05, 0) is 13.8 Å². The Morgan fingerprint density at radius 1 is 1.44 bits per heavy atom. The van der Waals surface area contributed by atoms with Crippen LogP contribution in [-0.2, 0) is 0 Å². The molecular weight excluding hydrogens is 272 g/mol. The lowest BCUT2D eigenvalue weighted by Crippen LogP contribution is -2.10. The first kappa shape index (κ1) is 12.9. The van der Waals surface area contributed by atoms with Crippen molar-refractivity contribution in [1.82, 2.24) is 15.0 Å². The Bertz CT molecular complexity index is 572. The largest absolute Gasteiger partial charge is 0.360 e. The number of anilines is 1. The van der Waals surface area contributed by atoms with E-state index in [0.29, 0.717) is 12.1 Å². The van der Waals surface area contributed by atoms with E-state index in [0.717, 1.165) is 9.88 Å². The zero-order valence-electron chi connectivity index (χ0n) is 9.85. The second-order valence-corrected chi connectivity index (χ2v) is 5.34. The molecule has 0 bridgehead atoms. The summed E-state index contributed by atoms with van der Waals surface area (Å²) in [5.74, 6) is 0.422. The zero-order valence-corrected chi connectivity index (χ0v) is 11.4.